The number of anilines is 2. The zero-order valence-electron chi connectivity index (χ0n) is 17.1. The van der Waals surface area contributed by atoms with Gasteiger partial charge in [0.25, 0.3) is 0 Å². The second kappa shape index (κ2) is 8.34. The van der Waals surface area contributed by atoms with Crippen molar-refractivity contribution in [1.29, 1.82) is 0 Å². The second-order valence-corrected chi connectivity index (χ2v) is 9.35. The Kier molecular flexibility index (Phi) is 5.58. The first-order valence-electron chi connectivity index (χ1n) is 10.9. The third-order valence-electron chi connectivity index (χ3n) is 6.93. The summed E-state index contributed by atoms with van der Waals surface area (Å²) in [6, 6.07) is 9.69. The fourth-order valence-electron chi connectivity index (χ4n) is 5.46. The van der Waals surface area contributed by atoms with Gasteiger partial charge in [0, 0.05) is 55.9 Å². The van der Waals surface area contributed by atoms with Crippen LogP contribution >= 0.6 is 11.6 Å². The van der Waals surface area contributed by atoms with Gasteiger partial charge in [-0.2, -0.15) is 4.98 Å². The molecule has 0 amide bonds. The van der Waals surface area contributed by atoms with Gasteiger partial charge in [0.1, 0.15) is 0 Å². The number of nitrogens with zero attached hydrogens (tertiary/aromatic N) is 5. The van der Waals surface area contributed by atoms with Crippen LogP contribution in [-0.2, 0) is 6.42 Å². The molecule has 2 aromatic rings. The lowest BCUT2D eigenvalue weighted by Crippen LogP contribution is -2.61. The van der Waals surface area contributed by atoms with Crippen LogP contribution in [0.5, 0.6) is 0 Å². The number of halogens is 1. The normalized spacial score (nSPS) is 28.7. The maximum atomic E-state index is 10.2. The molecule has 30 heavy (non-hydrogen) atoms. The Hall–Kier alpha value is -1.87. The number of benzene rings is 1. The molecule has 3 atom stereocenters. The van der Waals surface area contributed by atoms with Gasteiger partial charge in [0.2, 0.25) is 11.9 Å². The third-order valence-corrected chi connectivity index (χ3v) is 7.19. The van der Waals surface area contributed by atoms with E-state index >= 15 is 0 Å². The van der Waals surface area contributed by atoms with Crippen molar-refractivity contribution in [3.8, 4) is 0 Å². The van der Waals surface area contributed by atoms with Gasteiger partial charge in [0.05, 0.1) is 6.10 Å². The Balaban J connectivity index is 1.29. The first-order valence-corrected chi connectivity index (χ1v) is 11.3. The average molecular weight is 432 g/mol. The van der Waals surface area contributed by atoms with E-state index in [1.807, 2.05) is 12.1 Å². The van der Waals surface area contributed by atoms with Crippen molar-refractivity contribution in [2.24, 2.45) is 0 Å². The van der Waals surface area contributed by atoms with E-state index in [2.05, 4.69) is 42.0 Å². The minimum atomic E-state index is -0.191. The summed E-state index contributed by atoms with van der Waals surface area (Å²) in [5.74, 6) is 1.07. The molecular formula is C21H30ClN7O. The van der Waals surface area contributed by atoms with Crippen molar-refractivity contribution in [1.82, 2.24) is 25.0 Å². The first kappa shape index (κ1) is 20.1. The number of fused-ring (bicyclic) bond motifs is 1. The third kappa shape index (κ3) is 4.14. The molecule has 3 aliphatic heterocycles. The molecule has 162 valence electrons. The zero-order valence-corrected chi connectivity index (χ0v) is 17.9. The summed E-state index contributed by atoms with van der Waals surface area (Å²) in [6.45, 7) is 4.72. The summed E-state index contributed by atoms with van der Waals surface area (Å²) >= 11 is 6.09. The lowest BCUT2D eigenvalue weighted by atomic mass is 9.94. The summed E-state index contributed by atoms with van der Waals surface area (Å²) in [5.41, 5.74) is 7.01. The van der Waals surface area contributed by atoms with E-state index < -0.39 is 0 Å². The van der Waals surface area contributed by atoms with E-state index in [0.717, 1.165) is 63.4 Å². The largest absolute Gasteiger partial charge is 0.392 e. The van der Waals surface area contributed by atoms with Gasteiger partial charge in [0.15, 0.2) is 0 Å². The topological polar surface area (TPSA) is 97.5 Å². The smallest absolute Gasteiger partial charge is 0.246 e. The van der Waals surface area contributed by atoms with E-state index in [-0.39, 0.29) is 6.10 Å². The molecule has 0 unspecified atom stereocenters. The molecule has 0 bridgehead atoms. The molecule has 4 N–H and O–H groups in total. The van der Waals surface area contributed by atoms with Crippen molar-refractivity contribution in [3.05, 3.63) is 34.9 Å². The Labute approximate surface area is 182 Å². The molecule has 3 saturated heterocycles. The van der Waals surface area contributed by atoms with Crippen LogP contribution in [0.25, 0.3) is 0 Å². The molecule has 8 nitrogen and oxygen atoms in total. The van der Waals surface area contributed by atoms with E-state index in [9.17, 15) is 5.11 Å². The van der Waals surface area contributed by atoms with Crippen LogP contribution < -0.4 is 10.6 Å². The highest BCUT2D eigenvalue weighted by molar-refractivity contribution is 6.30. The van der Waals surface area contributed by atoms with Gasteiger partial charge in [-0.3, -0.25) is 9.80 Å². The predicted molar refractivity (Wildman–Crippen MR) is 118 cm³/mol. The molecular weight excluding hydrogens is 402 g/mol. The predicted octanol–water partition coefficient (Wildman–Crippen LogP) is 1.37. The number of aliphatic hydroxyl groups is 1. The minimum absolute atomic E-state index is 0.191. The summed E-state index contributed by atoms with van der Waals surface area (Å²) in [6.07, 6.45) is 3.87. The van der Waals surface area contributed by atoms with Crippen LogP contribution in [0.3, 0.4) is 0 Å². The average Bonchev–Trinajstić information content (AvgIpc) is 3.33. The number of nitrogens with one attached hydrogen (secondary N) is 1. The lowest BCUT2D eigenvalue weighted by Gasteiger charge is -2.49. The number of aromatic amines is 1. The summed E-state index contributed by atoms with van der Waals surface area (Å²) in [5, 5.41) is 17.9. The Morgan fingerprint density at radius 3 is 2.57 bits per heavy atom. The van der Waals surface area contributed by atoms with E-state index in [1.165, 1.54) is 5.56 Å². The molecule has 3 fully saturated rings. The number of nitrogen functional groups attached to an aromatic ring is 1. The van der Waals surface area contributed by atoms with Gasteiger partial charge >= 0.3 is 0 Å². The highest BCUT2D eigenvalue weighted by atomic mass is 35.5. The molecule has 1 aromatic carbocycles. The molecule has 3 aliphatic rings. The number of hydrogen-bond acceptors (Lipinski definition) is 7. The van der Waals surface area contributed by atoms with Gasteiger partial charge in [-0.15, -0.1) is 5.10 Å². The molecule has 4 heterocycles. The summed E-state index contributed by atoms with van der Waals surface area (Å²) in [4.78, 5) is 11.7. The lowest BCUT2D eigenvalue weighted by molar-refractivity contribution is 0.0121. The van der Waals surface area contributed by atoms with Crippen molar-refractivity contribution in [3.63, 3.8) is 0 Å². The number of piperidine rings is 1. The number of aromatic nitrogens is 3. The molecule has 0 radical (unpaired) electrons. The molecule has 0 saturated carbocycles. The van der Waals surface area contributed by atoms with Gasteiger partial charge in [-0.1, -0.05) is 23.7 Å². The van der Waals surface area contributed by atoms with Crippen LogP contribution in [-0.4, -0.2) is 87.0 Å². The van der Waals surface area contributed by atoms with Crippen LogP contribution in [0.2, 0.25) is 5.02 Å². The minimum Gasteiger partial charge on any atom is -0.392 e. The van der Waals surface area contributed by atoms with E-state index in [1.54, 1.807) is 0 Å². The Morgan fingerprint density at radius 2 is 1.87 bits per heavy atom. The highest BCUT2D eigenvalue weighted by Gasteiger charge is 2.42. The van der Waals surface area contributed by atoms with Crippen LogP contribution in [0.4, 0.5) is 11.9 Å². The van der Waals surface area contributed by atoms with E-state index in [0.29, 0.717) is 30.0 Å². The number of H-pyrrole nitrogens is 1. The SMILES string of the molecule is Nc1nc(N2CCC(N3C[C@@H]4C[C@H](O)CN4C[C@@H]3Cc3ccc(Cl)cc3)CC2)n[nH]1. The van der Waals surface area contributed by atoms with Crippen molar-refractivity contribution in [2.75, 3.05) is 43.4 Å². The molecule has 0 spiro atoms. The standard InChI is InChI=1S/C21H30ClN7O/c22-15-3-1-14(2-4-15)9-18-11-28-13-19(30)10-17(28)12-29(18)16-5-7-27(8-6-16)21-24-20(23)25-26-21/h1-4,16-19,30H,5-13H2,(H3,23,24,25,26)/t17-,18-,19-/m0/s1. The number of rotatable bonds is 4. The molecule has 5 rings (SSSR count). The Morgan fingerprint density at radius 1 is 1.10 bits per heavy atom. The van der Waals surface area contributed by atoms with Gasteiger partial charge in [-0.25, -0.2) is 5.10 Å². The number of piperazine rings is 1. The summed E-state index contributed by atoms with van der Waals surface area (Å²) < 4.78 is 0. The quantitative estimate of drug-likeness (QED) is 0.672. The molecule has 0 aliphatic carbocycles. The van der Waals surface area contributed by atoms with Crippen LogP contribution in [0.1, 0.15) is 24.8 Å². The van der Waals surface area contributed by atoms with Crippen LogP contribution in [0.15, 0.2) is 24.3 Å². The Bertz CT molecular complexity index is 851. The highest BCUT2D eigenvalue weighted by Crippen LogP contribution is 2.31. The summed E-state index contributed by atoms with van der Waals surface area (Å²) in [7, 11) is 0. The zero-order chi connectivity index (χ0) is 20.7. The first-order chi connectivity index (χ1) is 14.5. The number of nitrogens with two attached hydrogens (primary N) is 1. The maximum Gasteiger partial charge on any atom is 0.246 e. The van der Waals surface area contributed by atoms with Crippen molar-refractivity contribution >= 4 is 23.5 Å². The van der Waals surface area contributed by atoms with Gasteiger partial charge in [-0.05, 0) is 43.4 Å². The molecule has 9 heteroatoms. The number of hydrogen-bond donors (Lipinski definition) is 3. The molecule has 1 aromatic heterocycles. The van der Waals surface area contributed by atoms with E-state index in [4.69, 9.17) is 17.3 Å². The monoisotopic (exact) mass is 431 g/mol. The van der Waals surface area contributed by atoms with Crippen molar-refractivity contribution in [2.45, 2.75) is 49.9 Å². The fourth-order valence-corrected chi connectivity index (χ4v) is 5.59. The fraction of sp³-hybridized carbons (Fsp3) is 0.619. The maximum absolute atomic E-state index is 10.2. The van der Waals surface area contributed by atoms with Crippen molar-refractivity contribution < 1.29 is 5.11 Å². The van der Waals surface area contributed by atoms with Crippen LogP contribution in [0, 0.1) is 0 Å². The number of aliphatic hydroxyl groups excluding tert-OH is 1. The second-order valence-electron chi connectivity index (χ2n) is 8.92. The van der Waals surface area contributed by atoms with Gasteiger partial charge < -0.3 is 15.7 Å².